The summed E-state index contributed by atoms with van der Waals surface area (Å²) in [6.07, 6.45) is 2.60. The molecule has 0 bridgehead atoms. The van der Waals surface area contributed by atoms with E-state index in [-0.39, 0.29) is 5.91 Å². The Kier molecular flexibility index (Phi) is 8.63. The van der Waals surface area contributed by atoms with Crippen LogP contribution in [0.25, 0.3) is 0 Å². The summed E-state index contributed by atoms with van der Waals surface area (Å²) < 4.78 is 5.53. The van der Waals surface area contributed by atoms with E-state index in [1.165, 1.54) is 26.2 Å². The summed E-state index contributed by atoms with van der Waals surface area (Å²) in [5.74, 6) is 0.885. The van der Waals surface area contributed by atoms with Gasteiger partial charge in [-0.05, 0) is 38.1 Å². The van der Waals surface area contributed by atoms with Crippen LogP contribution >= 0.6 is 0 Å². The number of hydrogen-bond acceptors (Lipinski definition) is 4. The molecule has 1 aromatic carbocycles. The maximum absolute atomic E-state index is 11.8. The number of nitrogens with one attached hydrogen (secondary N) is 1. The molecule has 1 N–H and O–H groups in total. The fraction of sp³-hybridized carbons (Fsp3) is 0.632. The Morgan fingerprint density at radius 2 is 1.79 bits per heavy atom. The van der Waals surface area contributed by atoms with E-state index in [1.54, 1.807) is 0 Å². The SMILES string of the molecule is CCN1CCN(CCCCNC(=O)CCOc2ccccc2)CC1. The highest BCUT2D eigenvalue weighted by Crippen LogP contribution is 2.08. The second-order valence-electron chi connectivity index (χ2n) is 6.24. The summed E-state index contributed by atoms with van der Waals surface area (Å²) in [4.78, 5) is 16.8. The molecular formula is C19H31N3O2. The van der Waals surface area contributed by atoms with Crippen molar-refractivity contribution in [3.63, 3.8) is 0 Å². The van der Waals surface area contributed by atoms with Crippen molar-refractivity contribution < 1.29 is 9.53 Å². The van der Waals surface area contributed by atoms with Crippen LogP contribution in [-0.2, 0) is 4.79 Å². The zero-order valence-electron chi connectivity index (χ0n) is 14.9. The number of nitrogens with zero attached hydrogens (tertiary/aromatic N) is 2. The van der Waals surface area contributed by atoms with Crippen LogP contribution in [0.1, 0.15) is 26.2 Å². The molecule has 24 heavy (non-hydrogen) atoms. The van der Waals surface area contributed by atoms with Crippen LogP contribution in [-0.4, -0.2) is 68.1 Å². The standard InChI is InChI=1S/C19H31N3O2/c1-2-21-13-15-22(16-14-21)12-7-6-11-20-19(23)10-17-24-18-8-4-3-5-9-18/h3-5,8-9H,2,6-7,10-17H2,1H3,(H,20,23). The van der Waals surface area contributed by atoms with Crippen LogP contribution in [0.3, 0.4) is 0 Å². The summed E-state index contributed by atoms with van der Waals surface area (Å²) >= 11 is 0. The lowest BCUT2D eigenvalue weighted by molar-refractivity contribution is -0.121. The van der Waals surface area contributed by atoms with Gasteiger partial charge in [-0.3, -0.25) is 4.79 Å². The highest BCUT2D eigenvalue weighted by molar-refractivity contribution is 5.75. The number of rotatable bonds is 10. The average Bonchev–Trinajstić information content (AvgIpc) is 2.63. The Morgan fingerprint density at radius 1 is 1.08 bits per heavy atom. The summed E-state index contributed by atoms with van der Waals surface area (Å²) in [6.45, 7) is 10.5. The molecule has 134 valence electrons. The first kappa shape index (κ1) is 18.7. The van der Waals surface area contributed by atoms with E-state index >= 15 is 0 Å². The third-order valence-electron chi connectivity index (χ3n) is 4.48. The van der Waals surface area contributed by atoms with Gasteiger partial charge in [0.05, 0.1) is 13.0 Å². The van der Waals surface area contributed by atoms with Gasteiger partial charge in [-0.15, -0.1) is 0 Å². The molecule has 0 aromatic heterocycles. The summed E-state index contributed by atoms with van der Waals surface area (Å²) in [5, 5.41) is 2.98. The van der Waals surface area contributed by atoms with Crippen molar-refractivity contribution in [3.8, 4) is 5.75 Å². The van der Waals surface area contributed by atoms with Gasteiger partial charge in [0.1, 0.15) is 5.75 Å². The van der Waals surface area contributed by atoms with E-state index in [0.717, 1.165) is 38.2 Å². The molecule has 0 unspecified atom stereocenters. The topological polar surface area (TPSA) is 44.8 Å². The number of benzene rings is 1. The van der Waals surface area contributed by atoms with Gasteiger partial charge in [-0.25, -0.2) is 0 Å². The molecule has 1 fully saturated rings. The smallest absolute Gasteiger partial charge is 0.223 e. The number of carbonyl (C=O) groups is 1. The van der Waals surface area contributed by atoms with Gasteiger partial charge in [-0.1, -0.05) is 25.1 Å². The first-order chi connectivity index (χ1) is 11.8. The molecule has 5 heteroatoms. The Balaban J connectivity index is 1.43. The van der Waals surface area contributed by atoms with E-state index in [0.29, 0.717) is 13.0 Å². The van der Waals surface area contributed by atoms with Crippen molar-refractivity contribution in [1.29, 1.82) is 0 Å². The number of unbranched alkanes of at least 4 members (excludes halogenated alkanes) is 1. The normalized spacial score (nSPS) is 16.0. The van der Waals surface area contributed by atoms with Crippen molar-refractivity contribution in [3.05, 3.63) is 30.3 Å². The zero-order chi connectivity index (χ0) is 17.0. The van der Waals surface area contributed by atoms with E-state index in [4.69, 9.17) is 4.74 Å². The van der Waals surface area contributed by atoms with Gasteiger partial charge < -0.3 is 19.9 Å². The first-order valence-electron chi connectivity index (χ1n) is 9.17. The van der Waals surface area contributed by atoms with Crippen molar-refractivity contribution in [2.75, 3.05) is 52.4 Å². The minimum absolute atomic E-state index is 0.0718. The highest BCUT2D eigenvalue weighted by atomic mass is 16.5. The quantitative estimate of drug-likeness (QED) is 0.665. The minimum Gasteiger partial charge on any atom is -0.493 e. The molecule has 1 aliphatic rings. The Morgan fingerprint density at radius 3 is 2.50 bits per heavy atom. The maximum atomic E-state index is 11.8. The molecule has 5 nitrogen and oxygen atoms in total. The van der Waals surface area contributed by atoms with Gasteiger partial charge in [-0.2, -0.15) is 0 Å². The van der Waals surface area contributed by atoms with Crippen LogP contribution in [0.15, 0.2) is 30.3 Å². The monoisotopic (exact) mass is 333 g/mol. The highest BCUT2D eigenvalue weighted by Gasteiger charge is 2.14. The minimum atomic E-state index is 0.0718. The Labute approximate surface area is 146 Å². The predicted molar refractivity (Wildman–Crippen MR) is 97.4 cm³/mol. The zero-order valence-corrected chi connectivity index (χ0v) is 14.9. The number of likely N-dealkylation sites (N-methyl/N-ethyl adjacent to an activating group) is 1. The molecule has 1 heterocycles. The number of para-hydroxylation sites is 1. The third-order valence-corrected chi connectivity index (χ3v) is 4.48. The molecule has 0 spiro atoms. The molecule has 0 saturated carbocycles. The Bertz CT molecular complexity index is 459. The molecule has 0 atom stereocenters. The first-order valence-corrected chi connectivity index (χ1v) is 9.17. The average molecular weight is 333 g/mol. The van der Waals surface area contributed by atoms with Gasteiger partial charge >= 0.3 is 0 Å². The van der Waals surface area contributed by atoms with Gasteiger partial charge in [0.2, 0.25) is 5.91 Å². The number of ether oxygens (including phenoxy) is 1. The molecule has 0 aliphatic carbocycles. The van der Waals surface area contributed by atoms with Gasteiger partial charge in [0, 0.05) is 32.7 Å². The summed E-state index contributed by atoms with van der Waals surface area (Å²) in [5.41, 5.74) is 0. The maximum Gasteiger partial charge on any atom is 0.223 e. The van der Waals surface area contributed by atoms with Crippen molar-refractivity contribution in [1.82, 2.24) is 15.1 Å². The lowest BCUT2D eigenvalue weighted by atomic mass is 10.2. The fourth-order valence-electron chi connectivity index (χ4n) is 2.88. The fourth-order valence-corrected chi connectivity index (χ4v) is 2.88. The third kappa shape index (κ3) is 7.32. The second kappa shape index (κ2) is 11.0. The lowest BCUT2D eigenvalue weighted by Crippen LogP contribution is -2.46. The van der Waals surface area contributed by atoms with Crippen LogP contribution in [0, 0.1) is 0 Å². The number of piperazine rings is 1. The lowest BCUT2D eigenvalue weighted by Gasteiger charge is -2.33. The van der Waals surface area contributed by atoms with Crippen molar-refractivity contribution >= 4 is 5.91 Å². The van der Waals surface area contributed by atoms with Crippen LogP contribution in [0.4, 0.5) is 0 Å². The predicted octanol–water partition coefficient (Wildman–Crippen LogP) is 1.99. The van der Waals surface area contributed by atoms with Crippen molar-refractivity contribution in [2.24, 2.45) is 0 Å². The number of hydrogen-bond donors (Lipinski definition) is 1. The van der Waals surface area contributed by atoms with Crippen LogP contribution in [0.5, 0.6) is 5.75 Å². The molecule has 1 aliphatic heterocycles. The molecule has 1 saturated heterocycles. The van der Waals surface area contributed by atoms with E-state index in [9.17, 15) is 4.79 Å². The van der Waals surface area contributed by atoms with Crippen LogP contribution in [0.2, 0.25) is 0 Å². The van der Waals surface area contributed by atoms with E-state index < -0.39 is 0 Å². The van der Waals surface area contributed by atoms with E-state index in [1.807, 2.05) is 30.3 Å². The summed E-state index contributed by atoms with van der Waals surface area (Å²) in [7, 11) is 0. The number of amides is 1. The molecule has 1 aromatic rings. The molecule has 2 rings (SSSR count). The van der Waals surface area contributed by atoms with Crippen molar-refractivity contribution in [2.45, 2.75) is 26.2 Å². The van der Waals surface area contributed by atoms with Gasteiger partial charge in [0.15, 0.2) is 0 Å². The largest absolute Gasteiger partial charge is 0.493 e. The molecule has 1 amide bonds. The second-order valence-corrected chi connectivity index (χ2v) is 6.24. The van der Waals surface area contributed by atoms with Crippen LogP contribution < -0.4 is 10.1 Å². The number of carbonyl (C=O) groups excluding carboxylic acids is 1. The summed E-state index contributed by atoms with van der Waals surface area (Å²) in [6, 6.07) is 9.61. The molecular weight excluding hydrogens is 302 g/mol. The van der Waals surface area contributed by atoms with E-state index in [2.05, 4.69) is 22.0 Å². The molecule has 0 radical (unpaired) electrons. The Hall–Kier alpha value is -1.59. The van der Waals surface area contributed by atoms with Gasteiger partial charge in [0.25, 0.3) is 0 Å².